The lowest BCUT2D eigenvalue weighted by molar-refractivity contribution is -0.141. The number of aromatic nitrogens is 4. The second-order valence-corrected chi connectivity index (χ2v) is 10.4. The molecule has 3 atom stereocenters. The first kappa shape index (κ1) is 28.2. The van der Waals surface area contributed by atoms with E-state index in [0.717, 1.165) is 17.8 Å². The summed E-state index contributed by atoms with van der Waals surface area (Å²) in [7, 11) is 0. The standard InChI is InChI=1S/C27H31F3N6O3/c1-15-11-20(33-13-19(15)18-7-9-31-22(12-18)27(28,29)30)16(2)34-24-32-10-8-23(35-24)36-21(14-38-25(36)37)17(3)39-26(4,5)6/h7-13,16-17,21H,14H2,1-6H3,(H,32,34,35)/t16-,17+,21+/m0/s1. The monoisotopic (exact) mass is 544 g/mol. The molecule has 3 aromatic heterocycles. The van der Waals surface area contributed by atoms with Crippen molar-refractivity contribution < 1.29 is 27.4 Å². The second-order valence-electron chi connectivity index (χ2n) is 10.4. The molecule has 4 heterocycles. The highest BCUT2D eigenvalue weighted by Crippen LogP contribution is 2.32. The molecule has 1 amide bonds. The highest BCUT2D eigenvalue weighted by atomic mass is 19.4. The van der Waals surface area contributed by atoms with Crippen LogP contribution in [0, 0.1) is 6.92 Å². The Morgan fingerprint density at radius 1 is 1.10 bits per heavy atom. The summed E-state index contributed by atoms with van der Waals surface area (Å²) in [6.07, 6.45) is -1.14. The molecule has 1 aliphatic rings. The van der Waals surface area contributed by atoms with E-state index in [0.29, 0.717) is 22.6 Å². The maximum atomic E-state index is 13.1. The average Bonchev–Trinajstić information content (AvgIpc) is 3.24. The van der Waals surface area contributed by atoms with Gasteiger partial charge < -0.3 is 14.8 Å². The molecular weight excluding hydrogens is 513 g/mol. The van der Waals surface area contributed by atoms with E-state index in [2.05, 4.69) is 25.3 Å². The summed E-state index contributed by atoms with van der Waals surface area (Å²) < 4.78 is 50.7. The number of cyclic esters (lactones) is 1. The van der Waals surface area contributed by atoms with Gasteiger partial charge in [0.1, 0.15) is 24.2 Å². The predicted octanol–water partition coefficient (Wildman–Crippen LogP) is 5.96. The molecule has 0 unspecified atom stereocenters. The van der Waals surface area contributed by atoms with Crippen molar-refractivity contribution in [2.45, 2.75) is 71.5 Å². The van der Waals surface area contributed by atoms with Gasteiger partial charge >= 0.3 is 12.3 Å². The Morgan fingerprint density at radius 3 is 2.49 bits per heavy atom. The number of ether oxygens (including phenoxy) is 2. The van der Waals surface area contributed by atoms with Crippen molar-refractivity contribution in [3.63, 3.8) is 0 Å². The number of rotatable bonds is 7. The van der Waals surface area contributed by atoms with Crippen LogP contribution in [0.1, 0.15) is 57.6 Å². The fourth-order valence-corrected chi connectivity index (χ4v) is 4.37. The lowest BCUT2D eigenvalue weighted by Gasteiger charge is -2.31. The van der Waals surface area contributed by atoms with E-state index in [1.54, 1.807) is 25.3 Å². The van der Waals surface area contributed by atoms with E-state index in [1.807, 2.05) is 34.6 Å². The summed E-state index contributed by atoms with van der Waals surface area (Å²) >= 11 is 0. The molecule has 0 aliphatic carbocycles. The third kappa shape index (κ3) is 6.62. The number of carbonyl (C=O) groups excluding carboxylic acids is 1. The lowest BCUT2D eigenvalue weighted by Crippen LogP contribution is -2.45. The quantitative estimate of drug-likeness (QED) is 0.389. The molecular formula is C27H31F3N6O3. The van der Waals surface area contributed by atoms with Crippen molar-refractivity contribution in [2.24, 2.45) is 0 Å². The van der Waals surface area contributed by atoms with Crippen LogP contribution in [0.4, 0.5) is 29.7 Å². The summed E-state index contributed by atoms with van der Waals surface area (Å²) in [6.45, 7) is 11.6. The molecule has 1 saturated heterocycles. The fraction of sp³-hybridized carbons (Fsp3) is 0.444. The van der Waals surface area contributed by atoms with Crippen LogP contribution in [-0.2, 0) is 15.7 Å². The number of hydrogen-bond donors (Lipinski definition) is 1. The third-order valence-corrected chi connectivity index (χ3v) is 6.16. The van der Waals surface area contributed by atoms with Crippen molar-refractivity contribution in [1.82, 2.24) is 19.9 Å². The van der Waals surface area contributed by atoms with Gasteiger partial charge in [0, 0.05) is 24.2 Å². The van der Waals surface area contributed by atoms with Gasteiger partial charge in [-0.1, -0.05) is 0 Å². The normalized spacial score (nSPS) is 17.6. The maximum absolute atomic E-state index is 13.1. The van der Waals surface area contributed by atoms with Crippen LogP contribution in [0.3, 0.4) is 0 Å². The highest BCUT2D eigenvalue weighted by Gasteiger charge is 2.40. The van der Waals surface area contributed by atoms with E-state index < -0.39 is 23.6 Å². The van der Waals surface area contributed by atoms with Crippen LogP contribution in [0.2, 0.25) is 0 Å². The number of aryl methyl sites for hydroxylation is 1. The molecule has 0 spiro atoms. The first-order valence-electron chi connectivity index (χ1n) is 12.5. The Hall–Kier alpha value is -3.80. The van der Waals surface area contributed by atoms with Crippen LogP contribution in [-0.4, -0.2) is 50.4 Å². The van der Waals surface area contributed by atoms with Crippen LogP contribution < -0.4 is 10.2 Å². The van der Waals surface area contributed by atoms with Gasteiger partial charge in [-0.15, -0.1) is 0 Å². The molecule has 0 saturated carbocycles. The lowest BCUT2D eigenvalue weighted by atomic mass is 10.0. The topological polar surface area (TPSA) is 102 Å². The number of hydrogen-bond acceptors (Lipinski definition) is 8. The van der Waals surface area contributed by atoms with Crippen LogP contribution in [0.25, 0.3) is 11.1 Å². The van der Waals surface area contributed by atoms with Gasteiger partial charge in [-0.05, 0) is 76.9 Å². The smallest absolute Gasteiger partial charge is 0.433 e. The van der Waals surface area contributed by atoms with Gasteiger partial charge in [0.15, 0.2) is 0 Å². The summed E-state index contributed by atoms with van der Waals surface area (Å²) in [6, 6.07) is 5.24. The zero-order chi connectivity index (χ0) is 28.5. The van der Waals surface area contributed by atoms with E-state index in [1.165, 1.54) is 17.2 Å². The Balaban J connectivity index is 1.52. The summed E-state index contributed by atoms with van der Waals surface area (Å²) in [5, 5.41) is 3.18. The third-order valence-electron chi connectivity index (χ3n) is 6.16. The molecule has 4 rings (SSSR count). The molecule has 0 aromatic carbocycles. The number of amides is 1. The van der Waals surface area contributed by atoms with Gasteiger partial charge in [-0.2, -0.15) is 18.2 Å². The molecule has 39 heavy (non-hydrogen) atoms. The molecule has 0 radical (unpaired) electrons. The molecule has 1 aliphatic heterocycles. The van der Waals surface area contributed by atoms with Gasteiger partial charge in [-0.25, -0.2) is 9.78 Å². The number of halogens is 3. The van der Waals surface area contributed by atoms with Crippen molar-refractivity contribution >= 4 is 17.9 Å². The minimum absolute atomic E-state index is 0.177. The Labute approximate surface area is 224 Å². The largest absolute Gasteiger partial charge is 0.447 e. The van der Waals surface area contributed by atoms with E-state index in [9.17, 15) is 18.0 Å². The molecule has 12 heteroatoms. The number of pyridine rings is 2. The van der Waals surface area contributed by atoms with Gasteiger partial charge in [0.2, 0.25) is 5.95 Å². The van der Waals surface area contributed by atoms with E-state index in [-0.39, 0.29) is 30.7 Å². The Bertz CT molecular complexity index is 1340. The van der Waals surface area contributed by atoms with Crippen molar-refractivity contribution in [3.8, 4) is 11.1 Å². The fourth-order valence-electron chi connectivity index (χ4n) is 4.37. The van der Waals surface area contributed by atoms with Crippen LogP contribution in [0.5, 0.6) is 0 Å². The zero-order valence-corrected chi connectivity index (χ0v) is 22.6. The summed E-state index contributed by atoms with van der Waals surface area (Å²) in [4.78, 5) is 30.7. The van der Waals surface area contributed by atoms with Crippen molar-refractivity contribution in [2.75, 3.05) is 16.8 Å². The van der Waals surface area contributed by atoms with Gasteiger partial charge in [0.25, 0.3) is 0 Å². The number of carbonyl (C=O) groups is 1. The highest BCUT2D eigenvalue weighted by molar-refractivity contribution is 5.89. The SMILES string of the molecule is Cc1cc([C@H](C)Nc2nccc(N3C(=O)OC[C@@H]3[C@@H](C)OC(C)(C)C)n2)ncc1-c1ccnc(C(F)(F)F)c1. The summed E-state index contributed by atoms with van der Waals surface area (Å²) in [5.41, 5.74) is 0.978. The first-order chi connectivity index (χ1) is 18.2. The average molecular weight is 545 g/mol. The Morgan fingerprint density at radius 2 is 1.82 bits per heavy atom. The molecule has 1 fully saturated rings. The minimum Gasteiger partial charge on any atom is -0.447 e. The van der Waals surface area contributed by atoms with Gasteiger partial charge in [0.05, 0.1) is 23.4 Å². The number of anilines is 2. The predicted molar refractivity (Wildman–Crippen MR) is 139 cm³/mol. The van der Waals surface area contributed by atoms with Crippen LogP contribution in [0.15, 0.2) is 42.9 Å². The molecule has 1 N–H and O–H groups in total. The number of nitrogens with one attached hydrogen (secondary N) is 1. The van der Waals surface area contributed by atoms with E-state index in [4.69, 9.17) is 9.47 Å². The number of alkyl halides is 3. The second kappa shape index (κ2) is 10.8. The molecule has 9 nitrogen and oxygen atoms in total. The van der Waals surface area contributed by atoms with Gasteiger partial charge in [-0.3, -0.25) is 14.9 Å². The maximum Gasteiger partial charge on any atom is 0.433 e. The molecule has 3 aromatic rings. The number of nitrogens with zero attached hydrogens (tertiary/aromatic N) is 5. The minimum atomic E-state index is -4.53. The molecule has 0 bridgehead atoms. The van der Waals surface area contributed by atoms with Crippen LogP contribution >= 0.6 is 0 Å². The molecule has 208 valence electrons. The van der Waals surface area contributed by atoms with Crippen molar-refractivity contribution in [3.05, 3.63) is 59.8 Å². The Kier molecular flexibility index (Phi) is 7.78. The summed E-state index contributed by atoms with van der Waals surface area (Å²) in [5.74, 6) is 0.643. The first-order valence-corrected chi connectivity index (χ1v) is 12.5. The zero-order valence-electron chi connectivity index (χ0n) is 22.6. The van der Waals surface area contributed by atoms with Crippen molar-refractivity contribution in [1.29, 1.82) is 0 Å². The van der Waals surface area contributed by atoms with E-state index >= 15 is 0 Å².